The monoisotopic (exact) mass is 217 g/mol. The Morgan fingerprint density at radius 2 is 2.25 bits per heavy atom. The van der Waals surface area contributed by atoms with Crippen LogP contribution in [-0.2, 0) is 0 Å². The molecule has 2 N–H and O–H groups in total. The van der Waals surface area contributed by atoms with E-state index in [0.717, 1.165) is 38.0 Å². The van der Waals surface area contributed by atoms with Crippen molar-refractivity contribution in [1.29, 1.82) is 5.26 Å². The molecule has 0 aromatic heterocycles. The predicted octanol–water partition coefficient (Wildman–Crippen LogP) is 1.70. The SMILES string of the molecule is CC1C=C(NC2(C#N)CCNCC2)C=CC1. The zero-order valence-electron chi connectivity index (χ0n) is 9.79. The van der Waals surface area contributed by atoms with Gasteiger partial charge >= 0.3 is 0 Å². The summed E-state index contributed by atoms with van der Waals surface area (Å²) in [7, 11) is 0. The van der Waals surface area contributed by atoms with Crippen LogP contribution >= 0.6 is 0 Å². The molecular formula is C13H19N3. The number of hydrogen-bond donors (Lipinski definition) is 2. The van der Waals surface area contributed by atoms with E-state index in [1.807, 2.05) is 0 Å². The van der Waals surface area contributed by atoms with Crippen LogP contribution in [0.1, 0.15) is 26.2 Å². The first-order valence-electron chi connectivity index (χ1n) is 6.03. The highest BCUT2D eigenvalue weighted by molar-refractivity contribution is 5.27. The molecule has 2 aliphatic rings. The van der Waals surface area contributed by atoms with Crippen LogP contribution in [0, 0.1) is 17.2 Å². The molecule has 0 aromatic rings. The van der Waals surface area contributed by atoms with Crippen molar-refractivity contribution in [2.75, 3.05) is 13.1 Å². The van der Waals surface area contributed by atoms with Gasteiger partial charge in [0.2, 0.25) is 0 Å². The van der Waals surface area contributed by atoms with Crippen LogP contribution in [-0.4, -0.2) is 18.6 Å². The number of rotatable bonds is 2. The Morgan fingerprint density at radius 3 is 2.88 bits per heavy atom. The van der Waals surface area contributed by atoms with Gasteiger partial charge in [-0.05, 0) is 44.3 Å². The largest absolute Gasteiger partial charge is 0.368 e. The number of allylic oxidation sites excluding steroid dienone is 3. The van der Waals surface area contributed by atoms with Gasteiger partial charge in [0.25, 0.3) is 0 Å². The summed E-state index contributed by atoms with van der Waals surface area (Å²) in [5, 5.41) is 16.1. The zero-order chi connectivity index (χ0) is 11.4. The van der Waals surface area contributed by atoms with Crippen LogP contribution in [0.4, 0.5) is 0 Å². The Hall–Kier alpha value is -1.27. The topological polar surface area (TPSA) is 47.9 Å². The maximum atomic E-state index is 9.35. The van der Waals surface area contributed by atoms with Gasteiger partial charge in [-0.15, -0.1) is 0 Å². The van der Waals surface area contributed by atoms with Crippen LogP contribution in [0.3, 0.4) is 0 Å². The van der Waals surface area contributed by atoms with E-state index in [-0.39, 0.29) is 5.54 Å². The summed E-state index contributed by atoms with van der Waals surface area (Å²) in [6, 6.07) is 2.45. The molecule has 86 valence electrons. The number of piperidine rings is 1. The normalized spacial score (nSPS) is 28.0. The van der Waals surface area contributed by atoms with Crippen molar-refractivity contribution in [3.8, 4) is 6.07 Å². The molecule has 1 heterocycles. The molecule has 1 aliphatic carbocycles. The standard InChI is InChI=1S/C13H19N3/c1-11-3-2-4-12(9-11)16-13(10-14)5-7-15-8-6-13/h2,4,9,11,15-16H,3,5-8H2,1H3. The fourth-order valence-electron chi connectivity index (χ4n) is 2.32. The lowest BCUT2D eigenvalue weighted by Crippen LogP contribution is -2.50. The molecule has 0 radical (unpaired) electrons. The van der Waals surface area contributed by atoms with Crippen molar-refractivity contribution < 1.29 is 0 Å². The van der Waals surface area contributed by atoms with Gasteiger partial charge in [-0.25, -0.2) is 0 Å². The van der Waals surface area contributed by atoms with Gasteiger partial charge in [0.15, 0.2) is 0 Å². The van der Waals surface area contributed by atoms with E-state index < -0.39 is 0 Å². The van der Waals surface area contributed by atoms with E-state index in [1.54, 1.807) is 0 Å². The van der Waals surface area contributed by atoms with E-state index >= 15 is 0 Å². The maximum Gasteiger partial charge on any atom is 0.127 e. The first-order chi connectivity index (χ1) is 7.74. The molecule has 1 fully saturated rings. The summed E-state index contributed by atoms with van der Waals surface area (Å²) >= 11 is 0. The molecule has 0 bridgehead atoms. The van der Waals surface area contributed by atoms with Crippen LogP contribution < -0.4 is 10.6 Å². The van der Waals surface area contributed by atoms with Gasteiger partial charge in [-0.1, -0.05) is 19.1 Å². The first kappa shape index (κ1) is 11.2. The second-order valence-electron chi connectivity index (χ2n) is 4.81. The highest BCUT2D eigenvalue weighted by Gasteiger charge is 2.32. The van der Waals surface area contributed by atoms with Crippen LogP contribution in [0.25, 0.3) is 0 Å². The third-order valence-corrected chi connectivity index (χ3v) is 3.32. The summed E-state index contributed by atoms with van der Waals surface area (Å²) in [6.45, 7) is 4.05. The van der Waals surface area contributed by atoms with E-state index in [1.165, 1.54) is 0 Å². The average Bonchev–Trinajstić information content (AvgIpc) is 2.30. The van der Waals surface area contributed by atoms with Gasteiger partial charge in [0.1, 0.15) is 5.54 Å². The van der Waals surface area contributed by atoms with Crippen molar-refractivity contribution in [2.24, 2.45) is 5.92 Å². The molecule has 1 unspecified atom stereocenters. The van der Waals surface area contributed by atoms with Gasteiger partial charge in [0, 0.05) is 5.70 Å². The average molecular weight is 217 g/mol. The second-order valence-corrected chi connectivity index (χ2v) is 4.81. The van der Waals surface area contributed by atoms with Gasteiger partial charge < -0.3 is 10.6 Å². The Labute approximate surface area is 97.2 Å². The Kier molecular flexibility index (Phi) is 3.31. The summed E-state index contributed by atoms with van der Waals surface area (Å²) < 4.78 is 0. The van der Waals surface area contributed by atoms with E-state index in [4.69, 9.17) is 0 Å². The van der Waals surface area contributed by atoms with Crippen LogP contribution in [0.2, 0.25) is 0 Å². The second kappa shape index (κ2) is 4.71. The van der Waals surface area contributed by atoms with Gasteiger partial charge in [-0.2, -0.15) is 5.26 Å². The van der Waals surface area contributed by atoms with Crippen molar-refractivity contribution >= 4 is 0 Å². The smallest absolute Gasteiger partial charge is 0.127 e. The molecule has 0 spiro atoms. The van der Waals surface area contributed by atoms with Crippen molar-refractivity contribution in [3.05, 3.63) is 23.9 Å². The molecule has 0 amide bonds. The van der Waals surface area contributed by atoms with Crippen LogP contribution in [0.5, 0.6) is 0 Å². The predicted molar refractivity (Wildman–Crippen MR) is 64.6 cm³/mol. The summed E-state index contributed by atoms with van der Waals surface area (Å²) in [5.41, 5.74) is 0.751. The fourth-order valence-corrected chi connectivity index (χ4v) is 2.32. The highest BCUT2D eigenvalue weighted by atomic mass is 15.0. The molecule has 3 nitrogen and oxygen atoms in total. The van der Waals surface area contributed by atoms with E-state index in [9.17, 15) is 5.26 Å². The minimum Gasteiger partial charge on any atom is -0.368 e. The van der Waals surface area contributed by atoms with Crippen molar-refractivity contribution in [3.63, 3.8) is 0 Å². The molecule has 2 rings (SSSR count). The third-order valence-electron chi connectivity index (χ3n) is 3.32. The minimum atomic E-state index is -0.363. The summed E-state index contributed by atoms with van der Waals surface area (Å²) in [4.78, 5) is 0. The van der Waals surface area contributed by atoms with E-state index in [2.05, 4.69) is 41.9 Å². The molecule has 1 atom stereocenters. The van der Waals surface area contributed by atoms with Gasteiger partial charge in [0.05, 0.1) is 6.07 Å². The highest BCUT2D eigenvalue weighted by Crippen LogP contribution is 2.22. The molecule has 0 saturated carbocycles. The molecule has 0 aromatic carbocycles. The molecule has 3 heteroatoms. The van der Waals surface area contributed by atoms with E-state index in [0.29, 0.717) is 5.92 Å². The minimum absolute atomic E-state index is 0.363. The number of nitriles is 1. The molecular weight excluding hydrogens is 198 g/mol. The molecule has 1 saturated heterocycles. The van der Waals surface area contributed by atoms with Crippen molar-refractivity contribution in [2.45, 2.75) is 31.7 Å². The van der Waals surface area contributed by atoms with Gasteiger partial charge in [-0.3, -0.25) is 0 Å². The fraction of sp³-hybridized carbons (Fsp3) is 0.615. The third kappa shape index (κ3) is 2.45. The number of hydrogen-bond acceptors (Lipinski definition) is 3. The number of nitrogens with zero attached hydrogens (tertiary/aromatic N) is 1. The lowest BCUT2D eigenvalue weighted by molar-refractivity contribution is 0.335. The van der Waals surface area contributed by atoms with Crippen LogP contribution in [0.15, 0.2) is 23.9 Å². The molecule has 16 heavy (non-hydrogen) atoms. The summed E-state index contributed by atoms with van der Waals surface area (Å²) in [6.07, 6.45) is 9.36. The lowest BCUT2D eigenvalue weighted by atomic mass is 9.89. The lowest BCUT2D eigenvalue weighted by Gasteiger charge is -2.34. The summed E-state index contributed by atoms with van der Waals surface area (Å²) in [5.74, 6) is 0.574. The Balaban J connectivity index is 2.07. The quantitative estimate of drug-likeness (QED) is 0.740. The Bertz CT molecular complexity index is 343. The number of nitrogens with one attached hydrogen (secondary N) is 2. The maximum absolute atomic E-state index is 9.35. The van der Waals surface area contributed by atoms with Crippen molar-refractivity contribution in [1.82, 2.24) is 10.6 Å². The Morgan fingerprint density at radius 1 is 1.50 bits per heavy atom. The molecule has 1 aliphatic heterocycles. The zero-order valence-corrected chi connectivity index (χ0v) is 9.79. The first-order valence-corrected chi connectivity index (χ1v) is 6.03.